The van der Waals surface area contributed by atoms with Crippen molar-refractivity contribution in [2.24, 2.45) is 0 Å². The van der Waals surface area contributed by atoms with Gasteiger partial charge in [0.05, 0.1) is 24.9 Å². The van der Waals surface area contributed by atoms with Crippen molar-refractivity contribution in [2.75, 3.05) is 0 Å². The smallest absolute Gasteiger partial charge is 0.169 e. The largest absolute Gasteiger partial charge is 0.331 e. The Morgan fingerprint density at radius 3 is 3.00 bits per heavy atom. The van der Waals surface area contributed by atoms with Crippen molar-refractivity contribution in [1.29, 1.82) is 0 Å². The minimum Gasteiger partial charge on any atom is -0.331 e. The molecule has 0 unspecified atom stereocenters. The molecule has 0 N–H and O–H groups in total. The highest BCUT2D eigenvalue weighted by atomic mass is 16.1. The molecule has 0 atom stereocenters. The minimum absolute atomic E-state index is 0.470. The third kappa shape index (κ3) is 1.64. The van der Waals surface area contributed by atoms with Crippen molar-refractivity contribution in [1.82, 2.24) is 19.1 Å². The molecule has 5 heteroatoms. The molecule has 1 aliphatic rings. The summed E-state index contributed by atoms with van der Waals surface area (Å²) in [4.78, 5) is 18.7. The Balaban J connectivity index is 1.82. The standard InChI is InChI=1S/C11H12N4O/c16-6-9-4-14(8-13-9)5-11-3-12-7-15(11)10-1-2-10/h3-4,6-8,10H,1-2,5H2. The number of imidazole rings is 2. The van der Waals surface area contributed by atoms with Crippen LogP contribution in [0.15, 0.2) is 25.0 Å². The number of carbonyl (C=O) groups is 1. The van der Waals surface area contributed by atoms with Gasteiger partial charge < -0.3 is 9.13 Å². The molecule has 0 aromatic carbocycles. The lowest BCUT2D eigenvalue weighted by Crippen LogP contribution is -2.04. The van der Waals surface area contributed by atoms with Gasteiger partial charge in [-0.1, -0.05) is 0 Å². The van der Waals surface area contributed by atoms with Crippen molar-refractivity contribution >= 4 is 6.29 Å². The second-order valence-corrected chi connectivity index (χ2v) is 4.11. The van der Waals surface area contributed by atoms with Crippen molar-refractivity contribution in [3.8, 4) is 0 Å². The minimum atomic E-state index is 0.470. The summed E-state index contributed by atoms with van der Waals surface area (Å²) < 4.78 is 4.11. The summed E-state index contributed by atoms with van der Waals surface area (Å²) in [5.74, 6) is 0. The molecule has 2 heterocycles. The van der Waals surface area contributed by atoms with E-state index in [4.69, 9.17) is 0 Å². The summed E-state index contributed by atoms with van der Waals surface area (Å²) in [6.45, 7) is 0.720. The molecule has 2 aromatic heterocycles. The Bertz CT molecular complexity index is 510. The van der Waals surface area contributed by atoms with Gasteiger partial charge in [0.1, 0.15) is 5.69 Å². The normalized spacial score (nSPS) is 15.2. The maximum atomic E-state index is 10.5. The van der Waals surface area contributed by atoms with Gasteiger partial charge in [-0.2, -0.15) is 0 Å². The van der Waals surface area contributed by atoms with Crippen molar-refractivity contribution in [3.05, 3.63) is 36.4 Å². The number of hydrogen-bond acceptors (Lipinski definition) is 3. The average molecular weight is 216 g/mol. The zero-order valence-electron chi connectivity index (χ0n) is 8.78. The third-order valence-corrected chi connectivity index (χ3v) is 2.81. The van der Waals surface area contributed by atoms with Crippen LogP contribution in [0.1, 0.15) is 35.1 Å². The van der Waals surface area contributed by atoms with Gasteiger partial charge >= 0.3 is 0 Å². The molecule has 0 radical (unpaired) electrons. The maximum absolute atomic E-state index is 10.5. The molecule has 5 nitrogen and oxygen atoms in total. The first-order valence-corrected chi connectivity index (χ1v) is 5.34. The molecule has 0 saturated heterocycles. The molecule has 0 amide bonds. The summed E-state index contributed by atoms with van der Waals surface area (Å²) in [5, 5.41) is 0. The summed E-state index contributed by atoms with van der Waals surface area (Å²) in [5.41, 5.74) is 1.63. The van der Waals surface area contributed by atoms with E-state index < -0.39 is 0 Å². The van der Waals surface area contributed by atoms with Gasteiger partial charge in [0.2, 0.25) is 0 Å². The van der Waals surface area contributed by atoms with Gasteiger partial charge in [-0.05, 0) is 12.8 Å². The van der Waals surface area contributed by atoms with Gasteiger partial charge in [0.25, 0.3) is 0 Å². The van der Waals surface area contributed by atoms with Crippen LogP contribution in [0.4, 0.5) is 0 Å². The summed E-state index contributed by atoms with van der Waals surface area (Å²) in [6.07, 6.45) is 10.4. The molecule has 1 fully saturated rings. The van der Waals surface area contributed by atoms with E-state index in [2.05, 4.69) is 14.5 Å². The molecule has 1 aliphatic carbocycles. The molecular weight excluding hydrogens is 204 g/mol. The second kappa shape index (κ2) is 3.59. The van der Waals surface area contributed by atoms with E-state index in [0.717, 1.165) is 18.5 Å². The van der Waals surface area contributed by atoms with Crippen LogP contribution in [0.5, 0.6) is 0 Å². The summed E-state index contributed by atoms with van der Waals surface area (Å²) in [7, 11) is 0. The summed E-state index contributed by atoms with van der Waals surface area (Å²) in [6, 6.07) is 0.631. The van der Waals surface area contributed by atoms with Gasteiger partial charge in [0.15, 0.2) is 6.29 Å². The fourth-order valence-corrected chi connectivity index (χ4v) is 1.85. The lowest BCUT2D eigenvalue weighted by atomic mass is 10.4. The monoisotopic (exact) mass is 216 g/mol. The van der Waals surface area contributed by atoms with E-state index in [1.165, 1.54) is 12.8 Å². The van der Waals surface area contributed by atoms with Gasteiger partial charge in [-0.25, -0.2) is 9.97 Å². The molecule has 1 saturated carbocycles. The van der Waals surface area contributed by atoms with E-state index >= 15 is 0 Å². The van der Waals surface area contributed by atoms with E-state index in [1.54, 1.807) is 12.5 Å². The predicted octanol–water partition coefficient (Wildman–Crippen LogP) is 1.28. The van der Waals surface area contributed by atoms with Crippen LogP contribution >= 0.6 is 0 Å². The average Bonchev–Trinajstić information content (AvgIpc) is 2.88. The van der Waals surface area contributed by atoms with E-state index in [0.29, 0.717) is 11.7 Å². The van der Waals surface area contributed by atoms with Gasteiger partial charge in [-0.3, -0.25) is 4.79 Å². The van der Waals surface area contributed by atoms with Crippen molar-refractivity contribution < 1.29 is 4.79 Å². The molecule has 0 bridgehead atoms. The quantitative estimate of drug-likeness (QED) is 0.723. The molecule has 16 heavy (non-hydrogen) atoms. The van der Waals surface area contributed by atoms with Crippen LogP contribution < -0.4 is 0 Å². The van der Waals surface area contributed by atoms with Crippen LogP contribution in [-0.2, 0) is 6.54 Å². The first kappa shape index (κ1) is 9.33. The molecule has 2 aromatic rings. The lowest BCUT2D eigenvalue weighted by Gasteiger charge is -2.06. The van der Waals surface area contributed by atoms with Crippen molar-refractivity contribution in [2.45, 2.75) is 25.4 Å². The summed E-state index contributed by atoms with van der Waals surface area (Å²) >= 11 is 0. The highest BCUT2D eigenvalue weighted by Crippen LogP contribution is 2.35. The van der Waals surface area contributed by atoms with Crippen molar-refractivity contribution in [3.63, 3.8) is 0 Å². The zero-order valence-corrected chi connectivity index (χ0v) is 8.78. The van der Waals surface area contributed by atoms with Crippen LogP contribution in [0.3, 0.4) is 0 Å². The van der Waals surface area contributed by atoms with Crippen LogP contribution in [0, 0.1) is 0 Å². The fourth-order valence-electron chi connectivity index (χ4n) is 1.85. The highest BCUT2D eigenvalue weighted by molar-refractivity contribution is 5.70. The Morgan fingerprint density at radius 1 is 1.44 bits per heavy atom. The highest BCUT2D eigenvalue weighted by Gasteiger charge is 2.25. The number of carbonyl (C=O) groups excluding carboxylic acids is 1. The number of aromatic nitrogens is 4. The molecule has 3 rings (SSSR count). The van der Waals surface area contributed by atoms with E-state index in [1.807, 2.05) is 17.1 Å². The Kier molecular flexibility index (Phi) is 2.09. The number of nitrogens with zero attached hydrogens (tertiary/aromatic N) is 4. The maximum Gasteiger partial charge on any atom is 0.169 e. The lowest BCUT2D eigenvalue weighted by molar-refractivity contribution is 0.111. The van der Waals surface area contributed by atoms with Gasteiger partial charge in [0, 0.05) is 18.4 Å². The Labute approximate surface area is 92.7 Å². The molecular formula is C11H12N4O. The second-order valence-electron chi connectivity index (χ2n) is 4.11. The molecule has 0 aliphatic heterocycles. The number of rotatable bonds is 4. The first-order chi connectivity index (χ1) is 7.86. The van der Waals surface area contributed by atoms with E-state index in [9.17, 15) is 4.79 Å². The topological polar surface area (TPSA) is 52.7 Å². The van der Waals surface area contributed by atoms with E-state index in [-0.39, 0.29) is 0 Å². The Morgan fingerprint density at radius 2 is 2.31 bits per heavy atom. The SMILES string of the molecule is O=Cc1cn(Cc2cncn2C2CC2)cn1. The van der Waals surface area contributed by atoms with Crippen LogP contribution in [-0.4, -0.2) is 25.4 Å². The Hall–Kier alpha value is -1.91. The van der Waals surface area contributed by atoms with Crippen LogP contribution in [0.2, 0.25) is 0 Å². The molecule has 0 spiro atoms. The first-order valence-electron chi connectivity index (χ1n) is 5.34. The van der Waals surface area contributed by atoms with Crippen LogP contribution in [0.25, 0.3) is 0 Å². The number of hydrogen-bond donors (Lipinski definition) is 0. The zero-order chi connectivity index (χ0) is 11.0. The number of aldehydes is 1. The van der Waals surface area contributed by atoms with Gasteiger partial charge in [-0.15, -0.1) is 0 Å². The fraction of sp³-hybridized carbons (Fsp3) is 0.364. The predicted molar refractivity (Wildman–Crippen MR) is 57.2 cm³/mol. The third-order valence-electron chi connectivity index (χ3n) is 2.81. The molecule has 82 valence electrons.